The maximum atomic E-state index is 12.5. The first-order chi connectivity index (χ1) is 13.6. The van der Waals surface area contributed by atoms with Crippen LogP contribution < -0.4 is 14.8 Å². The van der Waals surface area contributed by atoms with E-state index in [-0.39, 0.29) is 18.5 Å². The second-order valence-electron chi connectivity index (χ2n) is 6.87. The van der Waals surface area contributed by atoms with E-state index in [1.54, 1.807) is 11.3 Å². The molecule has 0 radical (unpaired) electrons. The van der Waals surface area contributed by atoms with Gasteiger partial charge in [-0.15, -0.1) is 11.3 Å². The molecule has 1 unspecified atom stereocenters. The van der Waals surface area contributed by atoms with Gasteiger partial charge in [0.05, 0.1) is 36.0 Å². The lowest BCUT2D eigenvalue weighted by Gasteiger charge is -2.22. The van der Waals surface area contributed by atoms with Crippen LogP contribution in [-0.2, 0) is 4.79 Å². The summed E-state index contributed by atoms with van der Waals surface area (Å²) in [5, 5.41) is 3.95. The summed E-state index contributed by atoms with van der Waals surface area (Å²) in [5.41, 5.74) is 1.70. The molecule has 1 aromatic heterocycles. The second-order valence-corrected chi connectivity index (χ2v) is 7.93. The molecule has 0 saturated heterocycles. The van der Waals surface area contributed by atoms with Gasteiger partial charge in [-0.1, -0.05) is 12.1 Å². The number of hydrogen-bond acceptors (Lipinski definition) is 6. The number of amides is 1. The van der Waals surface area contributed by atoms with E-state index in [0.29, 0.717) is 24.7 Å². The molecule has 2 heterocycles. The van der Waals surface area contributed by atoms with Crippen molar-refractivity contribution in [2.24, 2.45) is 0 Å². The summed E-state index contributed by atoms with van der Waals surface area (Å²) in [6.45, 7) is 3.60. The van der Waals surface area contributed by atoms with Crippen LogP contribution >= 0.6 is 11.3 Å². The van der Waals surface area contributed by atoms with Crippen molar-refractivity contribution < 1.29 is 14.3 Å². The van der Waals surface area contributed by atoms with E-state index in [9.17, 15) is 4.79 Å². The minimum Gasteiger partial charge on any atom is -0.490 e. The number of benzene rings is 2. The molecular formula is C21H23N3O3S. The largest absolute Gasteiger partial charge is 0.490 e. The number of nitrogens with one attached hydrogen (secondary N) is 1. The zero-order valence-corrected chi connectivity index (χ0v) is 16.8. The normalized spacial score (nSPS) is 14.7. The van der Waals surface area contributed by atoms with E-state index >= 15 is 0 Å². The number of ether oxygens (including phenoxy) is 2. The Morgan fingerprint density at radius 3 is 2.82 bits per heavy atom. The molecule has 28 heavy (non-hydrogen) atoms. The van der Waals surface area contributed by atoms with Crippen LogP contribution in [0.5, 0.6) is 11.5 Å². The van der Waals surface area contributed by atoms with Gasteiger partial charge in [0, 0.05) is 18.2 Å². The van der Waals surface area contributed by atoms with E-state index in [2.05, 4.69) is 18.3 Å². The van der Waals surface area contributed by atoms with Crippen molar-refractivity contribution in [2.45, 2.75) is 19.4 Å². The number of para-hydroxylation sites is 1. The zero-order valence-electron chi connectivity index (χ0n) is 16.0. The van der Waals surface area contributed by atoms with Crippen LogP contribution in [0.3, 0.4) is 0 Å². The minimum absolute atomic E-state index is 0.0481. The molecule has 0 bridgehead atoms. The van der Waals surface area contributed by atoms with Gasteiger partial charge in [-0.25, -0.2) is 4.98 Å². The van der Waals surface area contributed by atoms with Crippen LogP contribution in [0.1, 0.15) is 24.4 Å². The molecule has 0 saturated carbocycles. The number of fused-ring (bicyclic) bond motifs is 2. The Kier molecular flexibility index (Phi) is 5.45. The minimum atomic E-state index is -0.0787. The monoisotopic (exact) mass is 397 g/mol. The molecule has 1 atom stereocenters. The summed E-state index contributed by atoms with van der Waals surface area (Å²) in [4.78, 5) is 19.2. The van der Waals surface area contributed by atoms with E-state index in [1.165, 1.54) is 0 Å². The maximum Gasteiger partial charge on any atom is 0.238 e. The summed E-state index contributed by atoms with van der Waals surface area (Å²) >= 11 is 1.67. The summed E-state index contributed by atoms with van der Waals surface area (Å²) in [7, 11) is 1.93. The number of aromatic nitrogens is 1. The SMILES string of the molecule is CC(c1nc2ccccc2s1)N(C)CC(=O)Nc1ccc2c(c1)OCCCO2. The number of rotatable bonds is 5. The lowest BCUT2D eigenvalue weighted by atomic mass is 10.2. The van der Waals surface area contributed by atoms with Crippen molar-refractivity contribution >= 4 is 33.1 Å². The van der Waals surface area contributed by atoms with Crippen LogP contribution in [0.4, 0.5) is 5.69 Å². The first kappa shape index (κ1) is 18.7. The molecule has 1 aliphatic heterocycles. The molecule has 1 aliphatic rings. The van der Waals surface area contributed by atoms with E-state index in [0.717, 1.165) is 27.4 Å². The van der Waals surface area contributed by atoms with Crippen LogP contribution in [-0.4, -0.2) is 42.6 Å². The molecule has 0 aliphatic carbocycles. The lowest BCUT2D eigenvalue weighted by molar-refractivity contribution is -0.117. The predicted molar refractivity (Wildman–Crippen MR) is 111 cm³/mol. The van der Waals surface area contributed by atoms with Crippen molar-refractivity contribution in [1.82, 2.24) is 9.88 Å². The number of anilines is 1. The fourth-order valence-corrected chi connectivity index (χ4v) is 4.15. The van der Waals surface area contributed by atoms with Crippen LogP contribution in [0, 0.1) is 0 Å². The molecule has 7 heteroatoms. The maximum absolute atomic E-state index is 12.5. The van der Waals surface area contributed by atoms with Crippen LogP contribution in [0.2, 0.25) is 0 Å². The Hall–Kier alpha value is -2.64. The summed E-state index contributed by atoms with van der Waals surface area (Å²) in [6.07, 6.45) is 0.852. The van der Waals surface area contributed by atoms with E-state index in [1.807, 2.05) is 48.3 Å². The zero-order chi connectivity index (χ0) is 19.5. The third kappa shape index (κ3) is 4.10. The summed E-state index contributed by atoms with van der Waals surface area (Å²) < 4.78 is 12.5. The molecule has 0 spiro atoms. The Labute approximate surface area is 168 Å². The number of carbonyl (C=O) groups is 1. The van der Waals surface area contributed by atoms with Gasteiger partial charge in [0.1, 0.15) is 5.01 Å². The van der Waals surface area contributed by atoms with Crippen molar-refractivity contribution in [3.05, 3.63) is 47.5 Å². The van der Waals surface area contributed by atoms with Gasteiger partial charge in [-0.3, -0.25) is 9.69 Å². The Bertz CT molecular complexity index is 955. The Morgan fingerprint density at radius 2 is 2.00 bits per heavy atom. The highest BCUT2D eigenvalue weighted by molar-refractivity contribution is 7.18. The summed E-state index contributed by atoms with van der Waals surface area (Å²) in [5.74, 6) is 1.31. The quantitative estimate of drug-likeness (QED) is 0.703. The average Bonchev–Trinajstić information content (AvgIpc) is 2.98. The molecule has 2 aromatic carbocycles. The third-order valence-electron chi connectivity index (χ3n) is 4.75. The first-order valence-electron chi connectivity index (χ1n) is 9.35. The lowest BCUT2D eigenvalue weighted by Crippen LogP contribution is -2.32. The highest BCUT2D eigenvalue weighted by atomic mass is 32.1. The molecule has 146 valence electrons. The molecule has 3 aromatic rings. The number of thiazole rings is 1. The fourth-order valence-electron chi connectivity index (χ4n) is 3.06. The highest BCUT2D eigenvalue weighted by Gasteiger charge is 2.19. The number of hydrogen-bond donors (Lipinski definition) is 1. The smallest absolute Gasteiger partial charge is 0.238 e. The third-order valence-corrected chi connectivity index (χ3v) is 5.96. The number of nitrogens with zero attached hydrogens (tertiary/aromatic N) is 2. The van der Waals surface area contributed by atoms with Gasteiger partial charge in [-0.05, 0) is 38.2 Å². The molecule has 1 N–H and O–H groups in total. The van der Waals surface area contributed by atoms with Gasteiger partial charge in [0.2, 0.25) is 5.91 Å². The standard InChI is InChI=1S/C21H23N3O3S/c1-14(21-23-16-6-3-4-7-19(16)28-21)24(2)13-20(25)22-15-8-9-17-18(12-15)27-11-5-10-26-17/h3-4,6-9,12,14H,5,10-11,13H2,1-2H3,(H,22,25). The van der Waals surface area contributed by atoms with Crippen molar-refractivity contribution in [1.29, 1.82) is 0 Å². The Balaban J connectivity index is 1.39. The van der Waals surface area contributed by atoms with E-state index in [4.69, 9.17) is 14.5 Å². The predicted octanol–water partition coefficient (Wildman–Crippen LogP) is 4.09. The topological polar surface area (TPSA) is 63.7 Å². The van der Waals surface area contributed by atoms with Crippen molar-refractivity contribution in [2.75, 3.05) is 32.1 Å². The van der Waals surface area contributed by atoms with Crippen molar-refractivity contribution in [3.8, 4) is 11.5 Å². The highest BCUT2D eigenvalue weighted by Crippen LogP contribution is 2.32. The van der Waals surface area contributed by atoms with Gasteiger partial charge in [0.15, 0.2) is 11.5 Å². The van der Waals surface area contributed by atoms with Crippen LogP contribution in [0.25, 0.3) is 10.2 Å². The second kappa shape index (κ2) is 8.16. The van der Waals surface area contributed by atoms with Crippen molar-refractivity contribution in [3.63, 3.8) is 0 Å². The Morgan fingerprint density at radius 1 is 1.21 bits per heavy atom. The molecule has 4 rings (SSSR count). The molecular weight excluding hydrogens is 374 g/mol. The molecule has 6 nitrogen and oxygen atoms in total. The fraction of sp³-hybridized carbons (Fsp3) is 0.333. The van der Waals surface area contributed by atoms with Crippen LogP contribution in [0.15, 0.2) is 42.5 Å². The molecule has 0 fully saturated rings. The van der Waals surface area contributed by atoms with Gasteiger partial charge < -0.3 is 14.8 Å². The number of likely N-dealkylation sites (N-methyl/N-ethyl adjacent to an activating group) is 1. The molecule has 1 amide bonds. The van der Waals surface area contributed by atoms with Gasteiger partial charge >= 0.3 is 0 Å². The average molecular weight is 398 g/mol. The van der Waals surface area contributed by atoms with Gasteiger partial charge in [0.25, 0.3) is 0 Å². The van der Waals surface area contributed by atoms with Gasteiger partial charge in [-0.2, -0.15) is 0 Å². The number of carbonyl (C=O) groups excluding carboxylic acids is 1. The first-order valence-corrected chi connectivity index (χ1v) is 10.2. The van der Waals surface area contributed by atoms with E-state index < -0.39 is 0 Å². The summed E-state index contributed by atoms with van der Waals surface area (Å²) in [6, 6.07) is 13.6.